The summed E-state index contributed by atoms with van der Waals surface area (Å²) in [6, 6.07) is 8.99. The summed E-state index contributed by atoms with van der Waals surface area (Å²) in [5, 5.41) is 6.70. The van der Waals surface area contributed by atoms with Gasteiger partial charge in [-0.15, -0.1) is 0 Å². The number of benzene rings is 1. The van der Waals surface area contributed by atoms with Gasteiger partial charge in [-0.05, 0) is 50.8 Å². The number of rotatable bonds is 6. The van der Waals surface area contributed by atoms with Gasteiger partial charge >= 0.3 is 0 Å². The molecular formula is C17H21ClN4O. The van der Waals surface area contributed by atoms with E-state index in [1.54, 1.807) is 18.3 Å². The van der Waals surface area contributed by atoms with Crippen LogP contribution in [0.3, 0.4) is 0 Å². The Kier molecular flexibility index (Phi) is 5.96. The van der Waals surface area contributed by atoms with Crippen LogP contribution in [0.2, 0.25) is 5.02 Å². The molecule has 2 N–H and O–H groups in total. The predicted molar refractivity (Wildman–Crippen MR) is 95.4 cm³/mol. The number of hydrogen-bond donors (Lipinski definition) is 2. The highest BCUT2D eigenvalue weighted by atomic mass is 35.5. The summed E-state index contributed by atoms with van der Waals surface area (Å²) in [5.41, 5.74) is 2.85. The van der Waals surface area contributed by atoms with Gasteiger partial charge in [-0.1, -0.05) is 17.7 Å². The minimum absolute atomic E-state index is 0.263. The third-order valence-electron chi connectivity index (χ3n) is 3.31. The molecule has 1 amide bonds. The molecule has 23 heavy (non-hydrogen) atoms. The Balaban J connectivity index is 2.02. The average molecular weight is 333 g/mol. The van der Waals surface area contributed by atoms with Crippen LogP contribution in [0.1, 0.15) is 16.1 Å². The molecule has 2 aromatic rings. The number of amides is 1. The van der Waals surface area contributed by atoms with E-state index in [0.29, 0.717) is 16.4 Å². The first-order chi connectivity index (χ1) is 11.0. The van der Waals surface area contributed by atoms with Crippen molar-refractivity contribution >= 4 is 28.9 Å². The first-order valence-corrected chi connectivity index (χ1v) is 7.75. The monoisotopic (exact) mass is 332 g/mol. The molecule has 0 bridgehead atoms. The van der Waals surface area contributed by atoms with Crippen molar-refractivity contribution in [2.24, 2.45) is 0 Å². The third kappa shape index (κ3) is 5.23. The van der Waals surface area contributed by atoms with Crippen LogP contribution in [0.15, 0.2) is 36.5 Å². The zero-order valence-corrected chi connectivity index (χ0v) is 14.3. The molecule has 5 nitrogen and oxygen atoms in total. The van der Waals surface area contributed by atoms with Crippen LogP contribution in [0, 0.1) is 6.92 Å². The molecular weight excluding hydrogens is 312 g/mol. The second kappa shape index (κ2) is 7.94. The van der Waals surface area contributed by atoms with Gasteiger partial charge in [0.2, 0.25) is 0 Å². The Bertz CT molecular complexity index is 688. The maximum Gasteiger partial charge on any atom is 0.274 e. The van der Waals surface area contributed by atoms with Crippen molar-refractivity contribution in [2.45, 2.75) is 6.92 Å². The van der Waals surface area contributed by atoms with E-state index in [9.17, 15) is 4.79 Å². The molecule has 0 spiro atoms. The van der Waals surface area contributed by atoms with E-state index in [4.69, 9.17) is 11.6 Å². The molecule has 0 fully saturated rings. The molecule has 2 rings (SSSR count). The van der Waals surface area contributed by atoms with Crippen LogP contribution in [0.4, 0.5) is 11.4 Å². The number of anilines is 2. The van der Waals surface area contributed by atoms with Crippen molar-refractivity contribution in [3.63, 3.8) is 0 Å². The largest absolute Gasteiger partial charge is 0.384 e. The lowest BCUT2D eigenvalue weighted by Crippen LogP contribution is -2.21. The van der Waals surface area contributed by atoms with Crippen LogP contribution < -0.4 is 10.6 Å². The maximum atomic E-state index is 12.3. The predicted octanol–water partition coefficient (Wildman–Crippen LogP) is 3.27. The summed E-state index contributed by atoms with van der Waals surface area (Å²) >= 11 is 6.07. The van der Waals surface area contributed by atoms with Gasteiger partial charge in [0.15, 0.2) is 0 Å². The van der Waals surface area contributed by atoms with Crippen molar-refractivity contribution in [1.29, 1.82) is 0 Å². The average Bonchev–Trinajstić information content (AvgIpc) is 2.51. The Labute approximate surface area is 141 Å². The number of carbonyl (C=O) groups excluding carboxylic acids is 1. The standard InChI is InChI=1S/C17H21ClN4O/c1-12-4-5-14(10-15(12)18)21-17(23)16-11-13(6-7-20-16)19-8-9-22(2)3/h4-7,10-11H,8-9H2,1-3H3,(H,19,20)(H,21,23). The summed E-state index contributed by atoms with van der Waals surface area (Å²) in [5.74, 6) is -0.263. The lowest BCUT2D eigenvalue weighted by molar-refractivity contribution is 0.102. The Morgan fingerprint density at radius 2 is 2.00 bits per heavy atom. The summed E-state index contributed by atoms with van der Waals surface area (Å²) < 4.78 is 0. The molecule has 0 saturated heterocycles. The number of hydrogen-bond acceptors (Lipinski definition) is 4. The van der Waals surface area contributed by atoms with Crippen LogP contribution in [-0.4, -0.2) is 43.0 Å². The Morgan fingerprint density at radius 1 is 1.22 bits per heavy atom. The number of carbonyl (C=O) groups is 1. The quantitative estimate of drug-likeness (QED) is 0.852. The Hall–Kier alpha value is -2.11. The molecule has 0 aliphatic rings. The normalized spacial score (nSPS) is 10.7. The van der Waals surface area contributed by atoms with E-state index in [1.165, 1.54) is 0 Å². The fourth-order valence-electron chi connectivity index (χ4n) is 1.95. The minimum Gasteiger partial charge on any atom is -0.384 e. The number of nitrogens with zero attached hydrogens (tertiary/aromatic N) is 2. The molecule has 0 aliphatic carbocycles. The minimum atomic E-state index is -0.263. The van der Waals surface area contributed by atoms with Gasteiger partial charge in [0, 0.05) is 35.7 Å². The van der Waals surface area contributed by atoms with Crippen LogP contribution >= 0.6 is 11.6 Å². The third-order valence-corrected chi connectivity index (χ3v) is 3.72. The fraction of sp³-hybridized carbons (Fsp3) is 0.294. The highest BCUT2D eigenvalue weighted by molar-refractivity contribution is 6.31. The molecule has 6 heteroatoms. The number of halogens is 1. The van der Waals surface area contributed by atoms with E-state index in [-0.39, 0.29) is 5.91 Å². The van der Waals surface area contributed by atoms with E-state index < -0.39 is 0 Å². The van der Waals surface area contributed by atoms with Crippen LogP contribution in [0.25, 0.3) is 0 Å². The molecule has 122 valence electrons. The summed E-state index contributed by atoms with van der Waals surface area (Å²) in [6.45, 7) is 3.62. The molecule has 1 aromatic carbocycles. The summed E-state index contributed by atoms with van der Waals surface area (Å²) in [6.07, 6.45) is 1.62. The topological polar surface area (TPSA) is 57.3 Å². The molecule has 1 heterocycles. The highest BCUT2D eigenvalue weighted by Gasteiger charge is 2.09. The summed E-state index contributed by atoms with van der Waals surface area (Å²) in [4.78, 5) is 18.5. The lowest BCUT2D eigenvalue weighted by Gasteiger charge is -2.12. The van der Waals surface area contributed by atoms with E-state index in [1.807, 2.05) is 39.2 Å². The van der Waals surface area contributed by atoms with Crippen LogP contribution in [-0.2, 0) is 0 Å². The van der Waals surface area contributed by atoms with E-state index in [0.717, 1.165) is 24.3 Å². The fourth-order valence-corrected chi connectivity index (χ4v) is 2.13. The number of likely N-dealkylation sites (N-methyl/N-ethyl adjacent to an activating group) is 1. The molecule has 0 unspecified atom stereocenters. The number of pyridine rings is 1. The second-order valence-electron chi connectivity index (χ2n) is 5.58. The van der Waals surface area contributed by atoms with Crippen molar-refractivity contribution in [3.8, 4) is 0 Å². The molecule has 0 radical (unpaired) electrons. The van der Waals surface area contributed by atoms with Crippen molar-refractivity contribution < 1.29 is 4.79 Å². The van der Waals surface area contributed by atoms with Gasteiger partial charge in [0.05, 0.1) is 0 Å². The smallest absolute Gasteiger partial charge is 0.274 e. The van der Waals surface area contributed by atoms with E-state index in [2.05, 4.69) is 20.5 Å². The maximum absolute atomic E-state index is 12.3. The van der Waals surface area contributed by atoms with Gasteiger partial charge in [-0.25, -0.2) is 0 Å². The molecule has 0 saturated carbocycles. The first-order valence-electron chi connectivity index (χ1n) is 7.38. The van der Waals surface area contributed by atoms with Gasteiger partial charge < -0.3 is 15.5 Å². The second-order valence-corrected chi connectivity index (χ2v) is 5.99. The van der Waals surface area contributed by atoms with E-state index >= 15 is 0 Å². The SMILES string of the molecule is Cc1ccc(NC(=O)c2cc(NCCN(C)C)ccn2)cc1Cl. The zero-order chi connectivity index (χ0) is 16.8. The molecule has 0 atom stereocenters. The van der Waals surface area contributed by atoms with Crippen molar-refractivity contribution in [2.75, 3.05) is 37.8 Å². The van der Waals surface area contributed by atoms with Crippen LogP contribution in [0.5, 0.6) is 0 Å². The molecule has 0 aliphatic heterocycles. The number of aryl methyl sites for hydroxylation is 1. The molecule has 1 aromatic heterocycles. The summed E-state index contributed by atoms with van der Waals surface area (Å²) in [7, 11) is 4.03. The lowest BCUT2D eigenvalue weighted by atomic mass is 10.2. The van der Waals surface area contributed by atoms with Crippen molar-refractivity contribution in [1.82, 2.24) is 9.88 Å². The highest BCUT2D eigenvalue weighted by Crippen LogP contribution is 2.20. The van der Waals surface area contributed by atoms with Gasteiger partial charge in [-0.2, -0.15) is 0 Å². The number of nitrogens with one attached hydrogen (secondary N) is 2. The van der Waals surface area contributed by atoms with Gasteiger partial charge in [0.1, 0.15) is 5.69 Å². The van der Waals surface area contributed by atoms with Gasteiger partial charge in [0.25, 0.3) is 5.91 Å². The van der Waals surface area contributed by atoms with Crippen molar-refractivity contribution in [3.05, 3.63) is 52.8 Å². The number of aromatic nitrogens is 1. The zero-order valence-electron chi connectivity index (χ0n) is 13.6. The van der Waals surface area contributed by atoms with Gasteiger partial charge in [-0.3, -0.25) is 9.78 Å². The first kappa shape index (κ1) is 17.2. The Morgan fingerprint density at radius 3 is 2.70 bits per heavy atom.